The molecule has 0 radical (unpaired) electrons. The van der Waals surface area contributed by atoms with Crippen LogP contribution in [0.25, 0.3) is 5.69 Å². The highest BCUT2D eigenvalue weighted by atomic mass is 79.9. The lowest BCUT2D eigenvalue weighted by Crippen LogP contribution is -1.97. The second kappa shape index (κ2) is 5.82. The van der Waals surface area contributed by atoms with E-state index in [1.807, 2.05) is 30.5 Å². The van der Waals surface area contributed by atoms with Crippen LogP contribution in [0.1, 0.15) is 18.4 Å². The third-order valence-corrected chi connectivity index (χ3v) is 3.02. The summed E-state index contributed by atoms with van der Waals surface area (Å²) in [6.07, 6.45) is 5.30. The Hall–Kier alpha value is -1.62. The van der Waals surface area contributed by atoms with E-state index in [0.717, 1.165) is 22.1 Å². The molecular weight excluding hydrogens is 296 g/mol. The summed E-state index contributed by atoms with van der Waals surface area (Å²) >= 11 is 3.35. The molecule has 0 aliphatic heterocycles. The van der Waals surface area contributed by atoms with E-state index in [0.29, 0.717) is 6.42 Å². The van der Waals surface area contributed by atoms with Gasteiger partial charge in [-0.2, -0.15) is 5.10 Å². The van der Waals surface area contributed by atoms with Crippen LogP contribution in [0.4, 0.5) is 0 Å². The molecule has 94 valence electrons. The zero-order chi connectivity index (χ0) is 13.0. The van der Waals surface area contributed by atoms with Gasteiger partial charge in [-0.05, 0) is 46.5 Å². The van der Waals surface area contributed by atoms with Gasteiger partial charge in [-0.25, -0.2) is 4.68 Å². The summed E-state index contributed by atoms with van der Waals surface area (Å²) < 4.78 is 2.72. The zero-order valence-electron chi connectivity index (χ0n) is 9.71. The standard InChI is InChI=1S/C13H13BrN2O2/c14-11-8-15-16(9-11)12-6-4-10(5-7-12)2-1-3-13(17)18/h4-9H,1-3H2,(H,17,18). The predicted molar refractivity (Wildman–Crippen MR) is 71.8 cm³/mol. The number of aryl methyl sites for hydroxylation is 1. The maximum atomic E-state index is 10.4. The van der Waals surface area contributed by atoms with Crippen molar-refractivity contribution >= 4 is 21.9 Å². The van der Waals surface area contributed by atoms with Crippen LogP contribution in [0.15, 0.2) is 41.1 Å². The number of carboxylic acids is 1. The van der Waals surface area contributed by atoms with Gasteiger partial charge in [-0.1, -0.05) is 12.1 Å². The Kier molecular flexibility index (Phi) is 4.15. The summed E-state index contributed by atoms with van der Waals surface area (Å²) in [5.74, 6) is -0.743. The van der Waals surface area contributed by atoms with E-state index in [4.69, 9.17) is 5.11 Å². The van der Waals surface area contributed by atoms with Crippen molar-refractivity contribution in [2.24, 2.45) is 0 Å². The first-order valence-corrected chi connectivity index (χ1v) is 6.46. The molecule has 2 aromatic rings. The fourth-order valence-corrected chi connectivity index (χ4v) is 1.99. The molecule has 1 aromatic heterocycles. The van der Waals surface area contributed by atoms with Crippen LogP contribution in [0.2, 0.25) is 0 Å². The van der Waals surface area contributed by atoms with Crippen LogP contribution in [-0.4, -0.2) is 20.9 Å². The molecule has 2 rings (SSSR count). The van der Waals surface area contributed by atoms with Crippen LogP contribution < -0.4 is 0 Å². The van der Waals surface area contributed by atoms with E-state index >= 15 is 0 Å². The quantitative estimate of drug-likeness (QED) is 0.923. The van der Waals surface area contributed by atoms with Gasteiger partial charge in [0.1, 0.15) is 0 Å². The number of aliphatic carboxylic acids is 1. The topological polar surface area (TPSA) is 55.1 Å². The molecule has 0 amide bonds. The Bertz CT molecular complexity index is 534. The van der Waals surface area contributed by atoms with Crippen LogP contribution in [-0.2, 0) is 11.2 Å². The monoisotopic (exact) mass is 308 g/mol. The Balaban J connectivity index is 1.99. The lowest BCUT2D eigenvalue weighted by molar-refractivity contribution is -0.137. The van der Waals surface area contributed by atoms with Gasteiger partial charge < -0.3 is 5.11 Å². The first-order chi connectivity index (χ1) is 8.65. The van der Waals surface area contributed by atoms with E-state index in [1.54, 1.807) is 10.9 Å². The summed E-state index contributed by atoms with van der Waals surface area (Å²) in [6, 6.07) is 7.98. The molecule has 0 unspecified atom stereocenters. The lowest BCUT2D eigenvalue weighted by Gasteiger charge is -2.03. The molecule has 5 heteroatoms. The van der Waals surface area contributed by atoms with E-state index in [1.165, 1.54) is 0 Å². The summed E-state index contributed by atoms with van der Waals surface area (Å²) in [5.41, 5.74) is 2.13. The number of benzene rings is 1. The molecule has 18 heavy (non-hydrogen) atoms. The van der Waals surface area contributed by atoms with Crippen molar-refractivity contribution in [1.29, 1.82) is 0 Å². The van der Waals surface area contributed by atoms with Gasteiger partial charge in [-0.15, -0.1) is 0 Å². The Labute approximate surface area is 113 Å². The second-order valence-electron chi connectivity index (χ2n) is 4.02. The third-order valence-electron chi connectivity index (χ3n) is 2.61. The number of carboxylic acid groups (broad SMARTS) is 1. The summed E-state index contributed by atoms with van der Waals surface area (Å²) in [5, 5.41) is 12.8. The summed E-state index contributed by atoms with van der Waals surface area (Å²) in [7, 11) is 0. The van der Waals surface area contributed by atoms with E-state index in [-0.39, 0.29) is 6.42 Å². The maximum Gasteiger partial charge on any atom is 0.303 e. The van der Waals surface area contributed by atoms with E-state index < -0.39 is 5.97 Å². The Morgan fingerprint density at radius 1 is 1.33 bits per heavy atom. The number of aromatic nitrogens is 2. The molecular formula is C13H13BrN2O2. The normalized spacial score (nSPS) is 10.5. The molecule has 0 aliphatic carbocycles. The number of halogens is 1. The average Bonchev–Trinajstić information content (AvgIpc) is 2.76. The number of nitrogens with zero attached hydrogens (tertiary/aromatic N) is 2. The first kappa shape index (κ1) is 12.8. The van der Waals surface area contributed by atoms with Gasteiger partial charge in [0.05, 0.1) is 16.4 Å². The van der Waals surface area contributed by atoms with Crippen molar-refractivity contribution in [2.45, 2.75) is 19.3 Å². The largest absolute Gasteiger partial charge is 0.481 e. The minimum Gasteiger partial charge on any atom is -0.481 e. The van der Waals surface area contributed by atoms with E-state index in [2.05, 4.69) is 21.0 Å². The minimum absolute atomic E-state index is 0.216. The average molecular weight is 309 g/mol. The molecule has 1 N–H and O–H groups in total. The number of hydrogen-bond acceptors (Lipinski definition) is 2. The van der Waals surface area contributed by atoms with Gasteiger partial charge in [0, 0.05) is 12.6 Å². The first-order valence-electron chi connectivity index (χ1n) is 5.66. The third kappa shape index (κ3) is 3.43. The molecule has 0 aliphatic rings. The highest BCUT2D eigenvalue weighted by Crippen LogP contribution is 2.14. The zero-order valence-corrected chi connectivity index (χ0v) is 11.3. The molecule has 0 saturated heterocycles. The lowest BCUT2D eigenvalue weighted by atomic mass is 10.1. The number of carbonyl (C=O) groups is 1. The highest BCUT2D eigenvalue weighted by Gasteiger charge is 2.01. The summed E-state index contributed by atoms with van der Waals surface area (Å²) in [4.78, 5) is 10.4. The van der Waals surface area contributed by atoms with Crippen LogP contribution in [0, 0.1) is 0 Å². The van der Waals surface area contributed by atoms with Crippen LogP contribution in [0.3, 0.4) is 0 Å². The number of rotatable bonds is 5. The van der Waals surface area contributed by atoms with Crippen molar-refractivity contribution in [3.8, 4) is 5.69 Å². The molecule has 0 bridgehead atoms. The molecule has 4 nitrogen and oxygen atoms in total. The van der Waals surface area contributed by atoms with Crippen LogP contribution >= 0.6 is 15.9 Å². The van der Waals surface area contributed by atoms with Gasteiger partial charge in [0.15, 0.2) is 0 Å². The van der Waals surface area contributed by atoms with Crippen molar-refractivity contribution in [3.05, 3.63) is 46.7 Å². The maximum absolute atomic E-state index is 10.4. The van der Waals surface area contributed by atoms with Gasteiger partial charge in [0.2, 0.25) is 0 Å². The van der Waals surface area contributed by atoms with Crippen molar-refractivity contribution in [1.82, 2.24) is 9.78 Å². The molecule has 0 saturated carbocycles. The SMILES string of the molecule is O=C(O)CCCc1ccc(-n2cc(Br)cn2)cc1. The highest BCUT2D eigenvalue weighted by molar-refractivity contribution is 9.10. The predicted octanol–water partition coefficient (Wildman–Crippen LogP) is 3.04. The minimum atomic E-state index is -0.743. The Morgan fingerprint density at radius 3 is 2.61 bits per heavy atom. The fourth-order valence-electron chi connectivity index (χ4n) is 1.70. The fraction of sp³-hybridized carbons (Fsp3) is 0.231. The van der Waals surface area contributed by atoms with Crippen molar-refractivity contribution in [3.63, 3.8) is 0 Å². The molecule has 0 fully saturated rings. The summed E-state index contributed by atoms with van der Waals surface area (Å²) in [6.45, 7) is 0. The molecule has 1 heterocycles. The van der Waals surface area contributed by atoms with Crippen LogP contribution in [0.5, 0.6) is 0 Å². The van der Waals surface area contributed by atoms with Crippen molar-refractivity contribution in [2.75, 3.05) is 0 Å². The van der Waals surface area contributed by atoms with Gasteiger partial charge >= 0.3 is 5.97 Å². The van der Waals surface area contributed by atoms with Gasteiger partial charge in [-0.3, -0.25) is 4.79 Å². The smallest absolute Gasteiger partial charge is 0.303 e. The Morgan fingerprint density at radius 2 is 2.06 bits per heavy atom. The van der Waals surface area contributed by atoms with E-state index in [9.17, 15) is 4.79 Å². The number of hydrogen-bond donors (Lipinski definition) is 1. The molecule has 1 aromatic carbocycles. The van der Waals surface area contributed by atoms with Gasteiger partial charge in [0.25, 0.3) is 0 Å². The van der Waals surface area contributed by atoms with Crippen molar-refractivity contribution < 1.29 is 9.90 Å². The molecule has 0 spiro atoms. The molecule has 0 atom stereocenters. The second-order valence-corrected chi connectivity index (χ2v) is 4.93.